The van der Waals surface area contributed by atoms with Crippen LogP contribution in [0.2, 0.25) is 0 Å². The molecule has 0 bridgehead atoms. The first-order valence-electron chi connectivity index (χ1n) is 8.82. The number of carbonyl (C=O) groups is 1. The van der Waals surface area contributed by atoms with E-state index in [-0.39, 0.29) is 0 Å². The zero-order chi connectivity index (χ0) is 15.8. The summed E-state index contributed by atoms with van der Waals surface area (Å²) in [6, 6.07) is 0.693. The van der Waals surface area contributed by atoms with Gasteiger partial charge in [-0.15, -0.1) is 0 Å². The molecule has 1 aliphatic heterocycles. The minimum absolute atomic E-state index is 0.366. The van der Waals surface area contributed by atoms with Crippen molar-refractivity contribution >= 4 is 11.9 Å². The fourth-order valence-corrected chi connectivity index (χ4v) is 4.30. The van der Waals surface area contributed by atoms with Crippen molar-refractivity contribution in [2.24, 2.45) is 23.5 Å². The Labute approximate surface area is 136 Å². The Morgan fingerprint density at radius 1 is 1.17 bits per heavy atom. The number of anilines is 1. The van der Waals surface area contributed by atoms with Crippen LogP contribution in [-0.2, 0) is 0 Å². The maximum atomic E-state index is 11.1. The molecule has 0 radical (unpaired) electrons. The number of primary amides is 1. The Bertz CT molecular complexity index is 557. The van der Waals surface area contributed by atoms with Crippen molar-refractivity contribution in [3.63, 3.8) is 0 Å². The van der Waals surface area contributed by atoms with Gasteiger partial charge >= 0.3 is 0 Å². The topological polar surface area (TPSA) is 84.1 Å². The number of aromatic nitrogens is 2. The molecule has 2 saturated carbocycles. The van der Waals surface area contributed by atoms with Crippen LogP contribution < -0.4 is 16.0 Å². The van der Waals surface area contributed by atoms with Crippen LogP contribution in [0, 0.1) is 17.8 Å². The molecule has 1 aromatic rings. The van der Waals surface area contributed by atoms with Gasteiger partial charge in [0.1, 0.15) is 0 Å². The maximum Gasteiger partial charge on any atom is 0.251 e. The summed E-state index contributed by atoms with van der Waals surface area (Å²) in [5, 5.41) is 3.80. The molecule has 3 aliphatic rings. The van der Waals surface area contributed by atoms with Crippen molar-refractivity contribution in [2.75, 3.05) is 24.5 Å². The maximum absolute atomic E-state index is 11.1. The predicted octanol–water partition coefficient (Wildman–Crippen LogP) is 1.18. The summed E-state index contributed by atoms with van der Waals surface area (Å²) in [7, 11) is 0. The van der Waals surface area contributed by atoms with E-state index in [2.05, 4.69) is 20.2 Å². The molecule has 1 amide bonds. The second-order valence-corrected chi connectivity index (χ2v) is 7.31. The highest BCUT2D eigenvalue weighted by atomic mass is 16.1. The molecule has 6 heteroatoms. The number of fused-ring (bicyclic) bond motifs is 1. The van der Waals surface area contributed by atoms with E-state index in [1.54, 1.807) is 0 Å². The summed E-state index contributed by atoms with van der Waals surface area (Å²) in [4.78, 5) is 21.8. The van der Waals surface area contributed by atoms with Crippen molar-refractivity contribution in [3.05, 3.63) is 18.0 Å². The minimum atomic E-state index is -0.479. The number of nitrogens with two attached hydrogens (primary N) is 1. The van der Waals surface area contributed by atoms with E-state index in [1.165, 1.54) is 51.0 Å². The molecule has 2 aliphatic carbocycles. The van der Waals surface area contributed by atoms with Gasteiger partial charge in [-0.3, -0.25) is 4.79 Å². The Morgan fingerprint density at radius 3 is 2.43 bits per heavy atom. The Kier molecular flexibility index (Phi) is 3.93. The molecule has 4 rings (SSSR count). The van der Waals surface area contributed by atoms with Crippen molar-refractivity contribution < 1.29 is 4.79 Å². The molecule has 2 atom stereocenters. The number of piperidine rings is 1. The molecule has 23 heavy (non-hydrogen) atoms. The lowest BCUT2D eigenvalue weighted by Crippen LogP contribution is -2.34. The highest BCUT2D eigenvalue weighted by molar-refractivity contribution is 5.92. The molecule has 2 unspecified atom stereocenters. The monoisotopic (exact) mass is 315 g/mol. The molecule has 124 valence electrons. The van der Waals surface area contributed by atoms with E-state index in [0.717, 1.165) is 30.8 Å². The van der Waals surface area contributed by atoms with Gasteiger partial charge in [-0.25, -0.2) is 9.97 Å². The van der Waals surface area contributed by atoms with Crippen molar-refractivity contribution in [1.29, 1.82) is 0 Å². The number of amides is 1. The average Bonchev–Trinajstić information content (AvgIpc) is 3.03. The summed E-state index contributed by atoms with van der Waals surface area (Å²) in [6.45, 7) is 3.23. The molecule has 0 aromatic carbocycles. The van der Waals surface area contributed by atoms with E-state index < -0.39 is 5.91 Å². The largest absolute Gasteiger partial charge is 0.366 e. The van der Waals surface area contributed by atoms with Crippen LogP contribution in [0.25, 0.3) is 0 Å². The SMILES string of the molecule is NC(=O)c1cnc(N2CC3C(C2)C3NCC2CCCCC2)nc1. The molecule has 3 N–H and O–H groups in total. The summed E-state index contributed by atoms with van der Waals surface area (Å²) in [5.74, 6) is 2.60. The van der Waals surface area contributed by atoms with Crippen LogP contribution in [0.3, 0.4) is 0 Å². The van der Waals surface area contributed by atoms with Gasteiger partial charge in [0, 0.05) is 31.5 Å². The predicted molar refractivity (Wildman–Crippen MR) is 88.1 cm³/mol. The van der Waals surface area contributed by atoms with Crippen molar-refractivity contribution in [2.45, 2.75) is 38.1 Å². The van der Waals surface area contributed by atoms with Gasteiger partial charge in [0.05, 0.1) is 5.56 Å². The minimum Gasteiger partial charge on any atom is -0.366 e. The smallest absolute Gasteiger partial charge is 0.251 e. The zero-order valence-corrected chi connectivity index (χ0v) is 13.4. The van der Waals surface area contributed by atoms with E-state index in [9.17, 15) is 4.79 Å². The Hall–Kier alpha value is -1.69. The number of rotatable bonds is 5. The quantitative estimate of drug-likeness (QED) is 0.852. The first-order chi connectivity index (χ1) is 11.2. The van der Waals surface area contributed by atoms with Gasteiger partial charge in [0.25, 0.3) is 5.91 Å². The third kappa shape index (κ3) is 3.04. The number of carbonyl (C=O) groups excluding carboxylic acids is 1. The average molecular weight is 315 g/mol. The number of nitrogens with zero attached hydrogens (tertiary/aromatic N) is 3. The fourth-order valence-electron chi connectivity index (χ4n) is 4.30. The third-order valence-electron chi connectivity index (χ3n) is 5.77. The van der Waals surface area contributed by atoms with E-state index >= 15 is 0 Å². The molecule has 2 heterocycles. The van der Waals surface area contributed by atoms with E-state index in [0.29, 0.717) is 17.6 Å². The first kappa shape index (κ1) is 14.9. The third-order valence-corrected chi connectivity index (χ3v) is 5.77. The standard InChI is InChI=1S/C17H25N5O/c18-16(23)12-7-20-17(21-8-12)22-9-13-14(10-22)15(13)19-6-11-4-2-1-3-5-11/h7-8,11,13-15,19H,1-6,9-10H2,(H2,18,23). The van der Waals surface area contributed by atoms with Crippen molar-refractivity contribution in [3.8, 4) is 0 Å². The molecule has 6 nitrogen and oxygen atoms in total. The number of hydrogen-bond acceptors (Lipinski definition) is 5. The normalized spacial score (nSPS) is 30.3. The molecular weight excluding hydrogens is 290 g/mol. The summed E-state index contributed by atoms with van der Waals surface area (Å²) in [5.41, 5.74) is 5.58. The second-order valence-electron chi connectivity index (χ2n) is 7.31. The lowest BCUT2D eigenvalue weighted by molar-refractivity contribution is 0.0999. The lowest BCUT2D eigenvalue weighted by Gasteiger charge is -2.24. The van der Waals surface area contributed by atoms with Gasteiger partial charge < -0.3 is 16.0 Å². The molecule has 1 saturated heterocycles. The fraction of sp³-hybridized carbons (Fsp3) is 0.706. The van der Waals surface area contributed by atoms with Crippen LogP contribution in [0.4, 0.5) is 5.95 Å². The molecular formula is C17H25N5O. The summed E-state index contributed by atoms with van der Waals surface area (Å²) >= 11 is 0. The van der Waals surface area contributed by atoms with Crippen molar-refractivity contribution in [1.82, 2.24) is 15.3 Å². The highest BCUT2D eigenvalue weighted by Crippen LogP contribution is 2.46. The van der Waals surface area contributed by atoms with E-state index in [4.69, 9.17) is 5.73 Å². The summed E-state index contributed by atoms with van der Waals surface area (Å²) < 4.78 is 0. The first-order valence-corrected chi connectivity index (χ1v) is 8.82. The van der Waals surface area contributed by atoms with Gasteiger partial charge in [-0.05, 0) is 37.1 Å². The molecule has 0 spiro atoms. The lowest BCUT2D eigenvalue weighted by atomic mass is 9.89. The van der Waals surface area contributed by atoms with Gasteiger partial charge in [0.15, 0.2) is 0 Å². The van der Waals surface area contributed by atoms with Gasteiger partial charge in [-0.2, -0.15) is 0 Å². The highest BCUT2D eigenvalue weighted by Gasteiger charge is 2.56. The van der Waals surface area contributed by atoms with Crippen LogP contribution in [0.15, 0.2) is 12.4 Å². The zero-order valence-electron chi connectivity index (χ0n) is 13.4. The van der Waals surface area contributed by atoms with Crippen LogP contribution >= 0.6 is 0 Å². The summed E-state index contributed by atoms with van der Waals surface area (Å²) in [6.07, 6.45) is 10.1. The number of hydrogen-bond donors (Lipinski definition) is 2. The van der Waals surface area contributed by atoms with Gasteiger partial charge in [-0.1, -0.05) is 19.3 Å². The molecule has 3 fully saturated rings. The Balaban J connectivity index is 1.25. The Morgan fingerprint density at radius 2 is 1.83 bits per heavy atom. The van der Waals surface area contributed by atoms with E-state index in [1.807, 2.05) is 0 Å². The molecule has 1 aromatic heterocycles. The van der Waals surface area contributed by atoms with Gasteiger partial charge in [0.2, 0.25) is 5.95 Å². The van der Waals surface area contributed by atoms with Crippen LogP contribution in [0.1, 0.15) is 42.5 Å². The number of nitrogens with one attached hydrogen (secondary N) is 1. The van der Waals surface area contributed by atoms with Crippen LogP contribution in [0.5, 0.6) is 0 Å². The van der Waals surface area contributed by atoms with Crippen LogP contribution in [-0.4, -0.2) is 41.6 Å². The second kappa shape index (κ2) is 6.07.